The first-order valence-electron chi connectivity index (χ1n) is 10.5. The molecule has 5 nitrogen and oxygen atoms in total. The number of nitrogens with one attached hydrogen (secondary N) is 1. The summed E-state index contributed by atoms with van der Waals surface area (Å²) in [6, 6.07) is 4.25. The third kappa shape index (κ3) is 5.07. The van der Waals surface area contributed by atoms with Crippen LogP contribution in [0.5, 0.6) is 0 Å². The van der Waals surface area contributed by atoms with Gasteiger partial charge >= 0.3 is 0 Å². The molecule has 1 amide bonds. The molecule has 1 N–H and O–H groups in total. The van der Waals surface area contributed by atoms with Gasteiger partial charge in [0.1, 0.15) is 0 Å². The maximum absolute atomic E-state index is 12.7. The summed E-state index contributed by atoms with van der Waals surface area (Å²) in [7, 11) is 1.83. The number of alkyl halides is 1. The van der Waals surface area contributed by atoms with Crippen LogP contribution in [0.4, 0.5) is 0 Å². The molecule has 3 heterocycles. The Bertz CT molecular complexity index is 864. The summed E-state index contributed by atoms with van der Waals surface area (Å²) >= 11 is 4.64. The Morgan fingerprint density at radius 2 is 1.93 bits per heavy atom. The Balaban J connectivity index is 0.00000155. The molecule has 3 rings (SSSR count). The molecule has 1 fully saturated rings. The first-order chi connectivity index (χ1) is 14.4. The Labute approximate surface area is 186 Å². The van der Waals surface area contributed by atoms with Crippen LogP contribution in [0.25, 0.3) is 0 Å². The highest BCUT2D eigenvalue weighted by atomic mass is 35.5. The van der Waals surface area contributed by atoms with Gasteiger partial charge in [-0.05, 0) is 52.7 Å². The molecule has 1 spiro atoms. The quantitative estimate of drug-likeness (QED) is 0.550. The van der Waals surface area contributed by atoms with Gasteiger partial charge in [-0.3, -0.25) is 9.79 Å². The van der Waals surface area contributed by atoms with Crippen molar-refractivity contribution in [3.05, 3.63) is 59.1 Å². The van der Waals surface area contributed by atoms with Crippen LogP contribution in [0, 0.1) is 0 Å². The summed E-state index contributed by atoms with van der Waals surface area (Å²) in [6.07, 6.45) is 12.1. The molecule has 1 aromatic heterocycles. The third-order valence-electron chi connectivity index (χ3n) is 5.67. The number of allylic oxidation sites excluding steroid dienone is 5. The average Bonchev–Trinajstić information content (AvgIpc) is 3.24. The standard InChI is InChI=1S/C23H32N4O.CH3Cl/c1-6-19-22(24-5)27-13-7-8-20(27)23(25-19)11-14-26(15-12-23)21(28)10-9-18(4)16-17(2)3;1-2/h6-9,13,16,25H,10-12,14-15H2,1-5H3;1H3/b18-9-,19-6+,24-22?;. The summed E-state index contributed by atoms with van der Waals surface area (Å²) in [5.74, 6) is 1.16. The zero-order valence-electron chi connectivity index (χ0n) is 19.1. The fourth-order valence-corrected chi connectivity index (χ4v) is 4.30. The van der Waals surface area contributed by atoms with Crippen molar-refractivity contribution in [2.45, 2.75) is 52.5 Å². The van der Waals surface area contributed by atoms with E-state index in [1.807, 2.05) is 24.9 Å². The van der Waals surface area contributed by atoms with Gasteiger partial charge in [0.05, 0.1) is 11.2 Å². The van der Waals surface area contributed by atoms with E-state index in [0.717, 1.165) is 43.0 Å². The first-order valence-corrected chi connectivity index (χ1v) is 11.2. The van der Waals surface area contributed by atoms with Gasteiger partial charge in [-0.2, -0.15) is 0 Å². The van der Waals surface area contributed by atoms with E-state index in [2.05, 4.69) is 77.7 Å². The highest BCUT2D eigenvalue weighted by Crippen LogP contribution is 2.37. The van der Waals surface area contributed by atoms with Gasteiger partial charge in [-0.15, -0.1) is 11.6 Å². The molecule has 1 saturated heterocycles. The van der Waals surface area contributed by atoms with Crippen molar-refractivity contribution in [1.82, 2.24) is 14.8 Å². The van der Waals surface area contributed by atoms with E-state index in [4.69, 9.17) is 0 Å². The van der Waals surface area contributed by atoms with Crippen molar-refractivity contribution in [2.24, 2.45) is 4.99 Å². The van der Waals surface area contributed by atoms with Crippen molar-refractivity contribution in [3.63, 3.8) is 0 Å². The topological polar surface area (TPSA) is 49.6 Å². The maximum Gasteiger partial charge on any atom is 0.226 e. The van der Waals surface area contributed by atoms with Crippen LogP contribution >= 0.6 is 11.6 Å². The minimum atomic E-state index is -0.135. The normalized spacial score (nSPS) is 20.4. The molecular weight excluding hydrogens is 396 g/mol. The van der Waals surface area contributed by atoms with Gasteiger partial charge < -0.3 is 14.8 Å². The minimum absolute atomic E-state index is 0.135. The fraction of sp³-hybridized carbons (Fsp3) is 0.500. The van der Waals surface area contributed by atoms with Crippen LogP contribution < -0.4 is 5.32 Å². The molecule has 0 aromatic carbocycles. The SMILES string of the molecule is C/C=C1/NC2(CCN(C(=O)C/C=C(/C)C=C(C)C)CC2)c2cccn2C1=NC.CCl. The molecule has 30 heavy (non-hydrogen) atoms. The molecule has 0 radical (unpaired) electrons. The number of hydrogen-bond acceptors (Lipinski definition) is 3. The van der Waals surface area contributed by atoms with Crippen LogP contribution in [0.15, 0.2) is 58.4 Å². The number of fused-ring (bicyclic) bond motifs is 2. The van der Waals surface area contributed by atoms with Crippen LogP contribution in [0.2, 0.25) is 0 Å². The minimum Gasteiger partial charge on any atom is -0.371 e. The van der Waals surface area contributed by atoms with Crippen molar-refractivity contribution < 1.29 is 4.79 Å². The number of aromatic nitrogens is 1. The smallest absolute Gasteiger partial charge is 0.226 e. The van der Waals surface area contributed by atoms with Crippen molar-refractivity contribution in [2.75, 3.05) is 26.5 Å². The van der Waals surface area contributed by atoms with Gasteiger partial charge in [0.2, 0.25) is 5.91 Å². The van der Waals surface area contributed by atoms with Crippen LogP contribution in [0.3, 0.4) is 0 Å². The van der Waals surface area contributed by atoms with Crippen molar-refractivity contribution >= 4 is 23.3 Å². The number of nitrogens with zero attached hydrogens (tertiary/aromatic N) is 3. The Hall–Kier alpha value is -2.27. The van der Waals surface area contributed by atoms with Crippen molar-refractivity contribution in [3.8, 4) is 0 Å². The van der Waals surface area contributed by atoms with Gasteiger partial charge in [0, 0.05) is 44.8 Å². The lowest BCUT2D eigenvalue weighted by molar-refractivity contribution is -0.132. The van der Waals surface area contributed by atoms with Crippen molar-refractivity contribution in [1.29, 1.82) is 0 Å². The number of carbonyl (C=O) groups is 1. The molecule has 0 unspecified atom stereocenters. The zero-order valence-corrected chi connectivity index (χ0v) is 19.9. The highest BCUT2D eigenvalue weighted by molar-refractivity contribution is 6.15. The number of amides is 1. The largest absolute Gasteiger partial charge is 0.371 e. The average molecular weight is 431 g/mol. The van der Waals surface area contributed by atoms with Gasteiger partial charge in [0.15, 0.2) is 5.84 Å². The Kier molecular flexibility index (Phi) is 8.54. The van der Waals surface area contributed by atoms with Crippen LogP contribution in [-0.2, 0) is 10.3 Å². The molecule has 6 heteroatoms. The molecule has 0 saturated carbocycles. The van der Waals surface area contributed by atoms with Crippen LogP contribution in [-0.4, -0.2) is 47.7 Å². The number of likely N-dealkylation sites (tertiary alicyclic amines) is 1. The van der Waals surface area contributed by atoms with E-state index in [9.17, 15) is 4.79 Å². The predicted molar refractivity (Wildman–Crippen MR) is 127 cm³/mol. The van der Waals surface area contributed by atoms with E-state index in [-0.39, 0.29) is 11.4 Å². The summed E-state index contributed by atoms with van der Waals surface area (Å²) in [4.78, 5) is 19.2. The fourth-order valence-electron chi connectivity index (χ4n) is 4.30. The Morgan fingerprint density at radius 1 is 1.27 bits per heavy atom. The van der Waals surface area contributed by atoms with Gasteiger partial charge in [-0.25, -0.2) is 0 Å². The van der Waals surface area contributed by atoms with Gasteiger partial charge in [0.25, 0.3) is 0 Å². The van der Waals surface area contributed by atoms with Gasteiger partial charge in [-0.1, -0.05) is 29.4 Å². The van der Waals surface area contributed by atoms with E-state index in [1.54, 1.807) is 0 Å². The molecule has 2 aliphatic rings. The monoisotopic (exact) mass is 430 g/mol. The lowest BCUT2D eigenvalue weighted by atomic mass is 9.82. The lowest BCUT2D eigenvalue weighted by Gasteiger charge is -2.46. The number of aliphatic imine (C=N–C) groups is 1. The van der Waals surface area contributed by atoms with E-state index in [1.165, 1.54) is 17.6 Å². The second-order valence-corrected chi connectivity index (χ2v) is 7.97. The molecule has 0 atom stereocenters. The number of carbonyl (C=O) groups excluding carboxylic acids is 1. The summed E-state index contributed by atoms with van der Waals surface area (Å²) in [6.45, 7) is 9.77. The first kappa shape index (κ1) is 24.0. The Morgan fingerprint density at radius 3 is 2.50 bits per heavy atom. The predicted octanol–water partition coefficient (Wildman–Crippen LogP) is 4.85. The number of halogens is 1. The number of piperidine rings is 1. The molecular formula is C24H35ClN4O. The molecule has 0 bridgehead atoms. The second-order valence-electron chi connectivity index (χ2n) is 7.97. The molecule has 2 aliphatic heterocycles. The summed E-state index contributed by atoms with van der Waals surface area (Å²) in [5.41, 5.74) is 4.57. The molecule has 164 valence electrons. The van der Waals surface area contributed by atoms with E-state index in [0.29, 0.717) is 6.42 Å². The molecule has 1 aromatic rings. The molecule has 0 aliphatic carbocycles. The summed E-state index contributed by atoms with van der Waals surface area (Å²) in [5, 5.41) is 3.74. The number of rotatable bonds is 3. The highest BCUT2D eigenvalue weighted by Gasteiger charge is 2.43. The maximum atomic E-state index is 12.7. The second kappa shape index (κ2) is 10.7. The van der Waals surface area contributed by atoms with E-state index < -0.39 is 0 Å². The van der Waals surface area contributed by atoms with E-state index >= 15 is 0 Å². The number of hydrogen-bond donors (Lipinski definition) is 1. The zero-order chi connectivity index (χ0) is 22.3. The third-order valence-corrected chi connectivity index (χ3v) is 5.67. The van der Waals surface area contributed by atoms with Crippen LogP contribution in [0.1, 0.15) is 52.7 Å². The summed E-state index contributed by atoms with van der Waals surface area (Å²) < 4.78 is 2.19. The lowest BCUT2D eigenvalue weighted by Crippen LogP contribution is -2.56.